The van der Waals surface area contributed by atoms with Crippen LogP contribution in [0.2, 0.25) is 0 Å². The van der Waals surface area contributed by atoms with Gasteiger partial charge in [-0.15, -0.1) is 35.3 Å². The fourth-order valence-corrected chi connectivity index (χ4v) is 3.96. The molecule has 0 spiro atoms. The Morgan fingerprint density at radius 3 is 2.72 bits per heavy atom. The highest BCUT2D eigenvalue weighted by Gasteiger charge is 2.20. The Balaban J connectivity index is 0.00000300. The largest absolute Gasteiger partial charge is 0.478 e. The van der Waals surface area contributed by atoms with Crippen molar-refractivity contribution in [2.75, 3.05) is 31.1 Å². The second-order valence-corrected chi connectivity index (χ2v) is 7.83. The van der Waals surface area contributed by atoms with E-state index in [0.29, 0.717) is 25.1 Å². The maximum Gasteiger partial charge on any atom is 0.213 e. The molecular formula is C21H32IN5OS. The SMILES string of the molecule is CCCOc1ccc(CN=C(NCC)NC2CCN(c3cccs3)CC2)cn1.I. The number of guanidine groups is 1. The van der Waals surface area contributed by atoms with Gasteiger partial charge in [-0.1, -0.05) is 13.0 Å². The molecule has 29 heavy (non-hydrogen) atoms. The molecule has 3 rings (SSSR count). The number of piperidine rings is 1. The second-order valence-electron chi connectivity index (χ2n) is 6.91. The van der Waals surface area contributed by atoms with Crippen molar-refractivity contribution < 1.29 is 4.74 Å². The highest BCUT2D eigenvalue weighted by Crippen LogP contribution is 2.24. The smallest absolute Gasteiger partial charge is 0.213 e. The van der Waals surface area contributed by atoms with Crippen LogP contribution in [0, 0.1) is 0 Å². The molecule has 2 aromatic rings. The zero-order chi connectivity index (χ0) is 19.6. The Morgan fingerprint density at radius 2 is 2.10 bits per heavy atom. The van der Waals surface area contributed by atoms with Gasteiger partial charge in [-0.2, -0.15) is 0 Å². The van der Waals surface area contributed by atoms with Gasteiger partial charge in [0, 0.05) is 37.9 Å². The number of ether oxygens (including phenoxy) is 1. The van der Waals surface area contributed by atoms with Crippen LogP contribution in [0.25, 0.3) is 0 Å². The van der Waals surface area contributed by atoms with Crippen LogP contribution in [0.1, 0.15) is 38.7 Å². The Labute approximate surface area is 195 Å². The van der Waals surface area contributed by atoms with E-state index < -0.39 is 0 Å². The van der Waals surface area contributed by atoms with Crippen molar-refractivity contribution in [2.45, 2.75) is 45.7 Å². The number of halogens is 1. The monoisotopic (exact) mass is 529 g/mol. The molecule has 2 N–H and O–H groups in total. The second kappa shape index (κ2) is 12.9. The summed E-state index contributed by atoms with van der Waals surface area (Å²) in [7, 11) is 0. The Hall–Kier alpha value is -1.55. The normalized spacial score (nSPS) is 15.0. The van der Waals surface area contributed by atoms with Crippen LogP contribution in [0.4, 0.5) is 5.00 Å². The fourth-order valence-electron chi connectivity index (χ4n) is 3.17. The van der Waals surface area contributed by atoms with Gasteiger partial charge in [-0.3, -0.25) is 0 Å². The van der Waals surface area contributed by atoms with E-state index in [1.165, 1.54) is 5.00 Å². The number of pyridine rings is 1. The highest BCUT2D eigenvalue weighted by molar-refractivity contribution is 14.0. The molecule has 0 aliphatic carbocycles. The van der Waals surface area contributed by atoms with Gasteiger partial charge in [0.25, 0.3) is 0 Å². The number of aromatic nitrogens is 1. The topological polar surface area (TPSA) is 61.8 Å². The molecule has 2 aromatic heterocycles. The molecule has 6 nitrogen and oxygen atoms in total. The molecule has 0 unspecified atom stereocenters. The van der Waals surface area contributed by atoms with Gasteiger partial charge in [0.05, 0.1) is 18.2 Å². The number of aliphatic imine (C=N–C) groups is 1. The number of nitrogens with zero attached hydrogens (tertiary/aromatic N) is 3. The minimum atomic E-state index is 0. The lowest BCUT2D eigenvalue weighted by Crippen LogP contribution is -2.48. The lowest BCUT2D eigenvalue weighted by atomic mass is 10.1. The molecule has 0 aromatic carbocycles. The van der Waals surface area contributed by atoms with Gasteiger partial charge in [0.1, 0.15) is 0 Å². The summed E-state index contributed by atoms with van der Waals surface area (Å²) in [4.78, 5) is 11.6. The Bertz CT molecular complexity index is 715. The molecule has 3 heterocycles. The van der Waals surface area contributed by atoms with Gasteiger partial charge in [-0.05, 0) is 49.3 Å². The van der Waals surface area contributed by atoms with E-state index in [2.05, 4.69) is 51.9 Å². The minimum Gasteiger partial charge on any atom is -0.478 e. The van der Waals surface area contributed by atoms with Crippen molar-refractivity contribution >= 4 is 46.3 Å². The third-order valence-corrected chi connectivity index (χ3v) is 5.60. The van der Waals surface area contributed by atoms with Crippen LogP contribution in [0.15, 0.2) is 40.8 Å². The van der Waals surface area contributed by atoms with Crippen molar-refractivity contribution in [3.63, 3.8) is 0 Å². The van der Waals surface area contributed by atoms with E-state index in [9.17, 15) is 0 Å². The van der Waals surface area contributed by atoms with E-state index >= 15 is 0 Å². The molecule has 0 radical (unpaired) electrons. The number of hydrogen-bond donors (Lipinski definition) is 2. The van der Waals surface area contributed by atoms with Gasteiger partial charge in [0.15, 0.2) is 5.96 Å². The standard InChI is InChI=1S/C21H31N5OS.HI/c1-3-13-27-19-8-7-17(15-23-19)16-24-21(22-4-2)25-18-9-11-26(12-10-18)20-6-5-14-28-20;/h5-8,14-15,18H,3-4,9-13,16H2,1-2H3,(H2,22,24,25);1H. The molecule has 1 aliphatic heterocycles. The Kier molecular flexibility index (Phi) is 10.5. The van der Waals surface area contributed by atoms with Crippen molar-refractivity contribution in [3.05, 3.63) is 41.4 Å². The first-order valence-electron chi connectivity index (χ1n) is 10.2. The summed E-state index contributed by atoms with van der Waals surface area (Å²) in [5.74, 6) is 1.56. The van der Waals surface area contributed by atoms with E-state index in [1.54, 1.807) is 0 Å². The molecule has 160 valence electrons. The van der Waals surface area contributed by atoms with E-state index in [0.717, 1.165) is 50.4 Å². The summed E-state index contributed by atoms with van der Waals surface area (Å²) in [6.07, 6.45) is 5.07. The average Bonchev–Trinajstić information content (AvgIpc) is 3.27. The summed E-state index contributed by atoms with van der Waals surface area (Å²) in [5.41, 5.74) is 1.08. The summed E-state index contributed by atoms with van der Waals surface area (Å²) >= 11 is 1.82. The van der Waals surface area contributed by atoms with E-state index in [1.807, 2.05) is 29.7 Å². The molecule has 0 bridgehead atoms. The predicted molar refractivity (Wildman–Crippen MR) is 133 cm³/mol. The molecule has 0 atom stereocenters. The van der Waals surface area contributed by atoms with Gasteiger partial charge >= 0.3 is 0 Å². The first kappa shape index (κ1) is 23.7. The third-order valence-electron chi connectivity index (χ3n) is 4.67. The summed E-state index contributed by atoms with van der Waals surface area (Å²) in [6, 6.07) is 8.73. The molecule has 1 fully saturated rings. The highest BCUT2D eigenvalue weighted by atomic mass is 127. The number of thiophene rings is 1. The van der Waals surface area contributed by atoms with Crippen LogP contribution >= 0.6 is 35.3 Å². The van der Waals surface area contributed by atoms with Crippen LogP contribution in [0.3, 0.4) is 0 Å². The van der Waals surface area contributed by atoms with Crippen LogP contribution in [-0.2, 0) is 6.54 Å². The van der Waals surface area contributed by atoms with Crippen LogP contribution in [0.5, 0.6) is 5.88 Å². The number of hydrogen-bond acceptors (Lipinski definition) is 5. The maximum absolute atomic E-state index is 5.54. The molecule has 1 saturated heterocycles. The van der Waals surface area contributed by atoms with Gasteiger partial charge < -0.3 is 20.3 Å². The van der Waals surface area contributed by atoms with Crippen LogP contribution in [-0.4, -0.2) is 43.2 Å². The zero-order valence-corrected chi connectivity index (χ0v) is 20.4. The first-order valence-corrected chi connectivity index (χ1v) is 11.1. The van der Waals surface area contributed by atoms with Crippen molar-refractivity contribution in [1.82, 2.24) is 15.6 Å². The third kappa shape index (κ3) is 7.65. The predicted octanol–water partition coefficient (Wildman–Crippen LogP) is 4.27. The molecule has 1 aliphatic rings. The van der Waals surface area contributed by atoms with Crippen LogP contribution < -0.4 is 20.3 Å². The zero-order valence-electron chi connectivity index (χ0n) is 17.3. The van der Waals surface area contributed by atoms with Gasteiger partial charge in [-0.25, -0.2) is 9.98 Å². The van der Waals surface area contributed by atoms with Crippen molar-refractivity contribution in [3.8, 4) is 5.88 Å². The summed E-state index contributed by atoms with van der Waals surface area (Å²) in [6.45, 7) is 8.50. The van der Waals surface area contributed by atoms with Gasteiger partial charge in [0.2, 0.25) is 5.88 Å². The molecular weight excluding hydrogens is 497 g/mol. The summed E-state index contributed by atoms with van der Waals surface area (Å²) in [5, 5.41) is 10.5. The quantitative estimate of drug-likeness (QED) is 0.304. The maximum atomic E-state index is 5.54. The molecule has 0 amide bonds. The first-order chi connectivity index (χ1) is 13.8. The Morgan fingerprint density at radius 1 is 1.28 bits per heavy atom. The van der Waals surface area contributed by atoms with E-state index in [-0.39, 0.29) is 24.0 Å². The van der Waals surface area contributed by atoms with Crippen molar-refractivity contribution in [1.29, 1.82) is 0 Å². The lowest BCUT2D eigenvalue weighted by Gasteiger charge is -2.33. The minimum absolute atomic E-state index is 0. The lowest BCUT2D eigenvalue weighted by molar-refractivity contribution is 0.305. The molecule has 0 saturated carbocycles. The average molecular weight is 529 g/mol. The van der Waals surface area contributed by atoms with E-state index in [4.69, 9.17) is 9.73 Å². The number of anilines is 1. The fraction of sp³-hybridized carbons (Fsp3) is 0.524. The number of rotatable bonds is 8. The van der Waals surface area contributed by atoms with Crippen molar-refractivity contribution in [2.24, 2.45) is 4.99 Å². The molecule has 8 heteroatoms. The summed E-state index contributed by atoms with van der Waals surface area (Å²) < 4.78 is 5.54. The number of nitrogens with one attached hydrogen (secondary N) is 2.